The number of carbonyl (C=O) groups excluding carboxylic acids is 1. The molecule has 0 saturated carbocycles. The molecule has 6 heteroatoms. The zero-order valence-electron chi connectivity index (χ0n) is 10.3. The maximum atomic E-state index is 11.8. The molecule has 5 nitrogen and oxygen atoms in total. The SMILES string of the molecule is CCCNC(=O)CS(=O)(=O)Cc1ccc(N)cc1. The fourth-order valence-electron chi connectivity index (χ4n) is 1.43. The normalized spacial score (nSPS) is 11.2. The van der Waals surface area contributed by atoms with Gasteiger partial charge in [0.2, 0.25) is 5.91 Å². The molecule has 1 aromatic rings. The molecule has 0 heterocycles. The van der Waals surface area contributed by atoms with E-state index in [1.807, 2.05) is 6.92 Å². The Kier molecular flexibility index (Phi) is 5.15. The predicted octanol–water partition coefficient (Wildman–Crippen LogP) is 0.710. The average Bonchev–Trinajstić information content (AvgIpc) is 2.28. The highest BCUT2D eigenvalue weighted by Crippen LogP contribution is 2.09. The Balaban J connectivity index is 2.59. The number of anilines is 1. The highest BCUT2D eigenvalue weighted by Gasteiger charge is 2.16. The van der Waals surface area contributed by atoms with Gasteiger partial charge in [0, 0.05) is 12.2 Å². The van der Waals surface area contributed by atoms with Crippen LogP contribution in [0.4, 0.5) is 5.69 Å². The van der Waals surface area contributed by atoms with E-state index in [0.29, 0.717) is 17.8 Å². The molecular formula is C12H18N2O3S. The first kappa shape index (κ1) is 14.5. The Hall–Kier alpha value is -1.56. The first-order valence-electron chi connectivity index (χ1n) is 5.74. The second-order valence-electron chi connectivity index (χ2n) is 4.12. The molecule has 100 valence electrons. The highest BCUT2D eigenvalue weighted by atomic mass is 32.2. The molecule has 0 bridgehead atoms. The number of carbonyl (C=O) groups is 1. The zero-order chi connectivity index (χ0) is 13.6. The molecule has 18 heavy (non-hydrogen) atoms. The molecule has 0 aromatic heterocycles. The van der Waals surface area contributed by atoms with Crippen LogP contribution in [0, 0.1) is 0 Å². The molecule has 0 fully saturated rings. The fourth-order valence-corrected chi connectivity index (χ4v) is 2.74. The summed E-state index contributed by atoms with van der Waals surface area (Å²) >= 11 is 0. The summed E-state index contributed by atoms with van der Waals surface area (Å²) in [5.74, 6) is -1.07. The maximum Gasteiger partial charge on any atom is 0.235 e. The smallest absolute Gasteiger partial charge is 0.235 e. The van der Waals surface area contributed by atoms with Crippen LogP contribution in [0.15, 0.2) is 24.3 Å². The van der Waals surface area contributed by atoms with E-state index in [1.54, 1.807) is 24.3 Å². The quantitative estimate of drug-likeness (QED) is 0.745. The number of rotatable bonds is 6. The van der Waals surface area contributed by atoms with E-state index in [1.165, 1.54) is 0 Å². The summed E-state index contributed by atoms with van der Waals surface area (Å²) in [6, 6.07) is 6.58. The molecule has 0 atom stereocenters. The van der Waals surface area contributed by atoms with Crippen LogP contribution in [0.1, 0.15) is 18.9 Å². The maximum absolute atomic E-state index is 11.8. The molecule has 0 unspecified atom stereocenters. The van der Waals surface area contributed by atoms with Gasteiger partial charge in [-0.05, 0) is 24.1 Å². The Morgan fingerprint density at radius 2 is 1.89 bits per heavy atom. The van der Waals surface area contributed by atoms with E-state index in [9.17, 15) is 13.2 Å². The molecule has 0 aliphatic rings. The number of nitrogen functional groups attached to an aromatic ring is 1. The third-order valence-corrected chi connectivity index (χ3v) is 3.76. The summed E-state index contributed by atoms with van der Waals surface area (Å²) in [6.07, 6.45) is 0.781. The number of sulfone groups is 1. The summed E-state index contributed by atoms with van der Waals surface area (Å²) in [5.41, 5.74) is 6.72. The molecule has 1 amide bonds. The lowest BCUT2D eigenvalue weighted by Gasteiger charge is -2.06. The molecule has 0 aliphatic heterocycles. The van der Waals surface area contributed by atoms with Gasteiger partial charge in [0.15, 0.2) is 9.84 Å². The van der Waals surface area contributed by atoms with Crippen molar-refractivity contribution in [1.82, 2.24) is 5.32 Å². The third kappa shape index (κ3) is 5.18. The largest absolute Gasteiger partial charge is 0.399 e. The third-order valence-electron chi connectivity index (χ3n) is 2.29. The molecular weight excluding hydrogens is 252 g/mol. The van der Waals surface area contributed by atoms with Crippen LogP contribution in [0.3, 0.4) is 0 Å². The van der Waals surface area contributed by atoms with Gasteiger partial charge in [-0.3, -0.25) is 4.79 Å². The minimum atomic E-state index is -3.43. The number of hydrogen-bond acceptors (Lipinski definition) is 4. The molecule has 0 spiro atoms. The Labute approximate surface area is 107 Å². The summed E-state index contributed by atoms with van der Waals surface area (Å²) in [7, 11) is -3.43. The minimum absolute atomic E-state index is 0.146. The Morgan fingerprint density at radius 1 is 1.28 bits per heavy atom. The van der Waals surface area contributed by atoms with Crippen LogP contribution in [0.5, 0.6) is 0 Å². The van der Waals surface area contributed by atoms with Crippen LogP contribution >= 0.6 is 0 Å². The van der Waals surface area contributed by atoms with Crippen molar-refractivity contribution in [3.05, 3.63) is 29.8 Å². The summed E-state index contributed by atoms with van der Waals surface area (Å²) in [6.45, 7) is 2.40. The lowest BCUT2D eigenvalue weighted by molar-refractivity contribution is -0.118. The van der Waals surface area contributed by atoms with E-state index < -0.39 is 21.5 Å². The van der Waals surface area contributed by atoms with Gasteiger partial charge in [-0.1, -0.05) is 19.1 Å². The van der Waals surface area contributed by atoms with E-state index >= 15 is 0 Å². The zero-order valence-corrected chi connectivity index (χ0v) is 11.2. The van der Waals surface area contributed by atoms with Crippen molar-refractivity contribution in [3.8, 4) is 0 Å². The van der Waals surface area contributed by atoms with Crippen molar-refractivity contribution in [2.24, 2.45) is 0 Å². The van der Waals surface area contributed by atoms with Crippen molar-refractivity contribution >= 4 is 21.4 Å². The van der Waals surface area contributed by atoms with Gasteiger partial charge >= 0.3 is 0 Å². The van der Waals surface area contributed by atoms with Crippen molar-refractivity contribution in [3.63, 3.8) is 0 Å². The Bertz CT molecular complexity index is 495. The van der Waals surface area contributed by atoms with Crippen LogP contribution in [0.25, 0.3) is 0 Å². The molecule has 1 aromatic carbocycles. The van der Waals surface area contributed by atoms with Crippen molar-refractivity contribution in [1.29, 1.82) is 0 Å². The predicted molar refractivity (Wildman–Crippen MR) is 71.6 cm³/mol. The lowest BCUT2D eigenvalue weighted by atomic mass is 10.2. The number of amides is 1. The molecule has 3 N–H and O–H groups in total. The lowest BCUT2D eigenvalue weighted by Crippen LogP contribution is -2.31. The molecule has 0 aliphatic carbocycles. The van der Waals surface area contributed by atoms with E-state index in [4.69, 9.17) is 5.73 Å². The number of benzene rings is 1. The topological polar surface area (TPSA) is 89.3 Å². The monoisotopic (exact) mass is 270 g/mol. The van der Waals surface area contributed by atoms with Crippen LogP contribution < -0.4 is 11.1 Å². The van der Waals surface area contributed by atoms with Crippen molar-refractivity contribution in [2.75, 3.05) is 18.0 Å². The van der Waals surface area contributed by atoms with Gasteiger partial charge in [0.25, 0.3) is 0 Å². The summed E-state index contributed by atoms with van der Waals surface area (Å²) < 4.78 is 23.5. The average molecular weight is 270 g/mol. The van der Waals surface area contributed by atoms with Crippen molar-refractivity contribution in [2.45, 2.75) is 19.1 Å². The highest BCUT2D eigenvalue weighted by molar-refractivity contribution is 7.91. The van der Waals surface area contributed by atoms with Gasteiger partial charge < -0.3 is 11.1 Å². The van der Waals surface area contributed by atoms with E-state index in [-0.39, 0.29) is 5.75 Å². The van der Waals surface area contributed by atoms with E-state index in [2.05, 4.69) is 5.32 Å². The first-order chi connectivity index (χ1) is 8.43. The number of hydrogen-bond donors (Lipinski definition) is 2. The minimum Gasteiger partial charge on any atom is -0.399 e. The van der Waals surface area contributed by atoms with Gasteiger partial charge in [-0.25, -0.2) is 8.42 Å². The molecule has 0 saturated heterocycles. The fraction of sp³-hybridized carbons (Fsp3) is 0.417. The van der Waals surface area contributed by atoms with Gasteiger partial charge in [0.1, 0.15) is 5.75 Å². The standard InChI is InChI=1S/C12H18N2O3S/c1-2-7-14-12(15)9-18(16,17)8-10-3-5-11(13)6-4-10/h3-6H,2,7-9,13H2,1H3,(H,14,15). The number of nitrogens with two attached hydrogens (primary N) is 1. The van der Waals surface area contributed by atoms with Gasteiger partial charge in [-0.15, -0.1) is 0 Å². The Morgan fingerprint density at radius 3 is 2.44 bits per heavy atom. The van der Waals surface area contributed by atoms with Gasteiger partial charge in [0.05, 0.1) is 5.75 Å². The van der Waals surface area contributed by atoms with Crippen LogP contribution in [-0.4, -0.2) is 26.6 Å². The second kappa shape index (κ2) is 6.39. The summed E-state index contributed by atoms with van der Waals surface area (Å²) in [4.78, 5) is 11.4. The molecule has 1 rings (SSSR count). The van der Waals surface area contributed by atoms with Crippen LogP contribution in [0.2, 0.25) is 0 Å². The second-order valence-corrected chi connectivity index (χ2v) is 6.19. The van der Waals surface area contributed by atoms with Crippen LogP contribution in [-0.2, 0) is 20.4 Å². The van der Waals surface area contributed by atoms with Gasteiger partial charge in [-0.2, -0.15) is 0 Å². The van der Waals surface area contributed by atoms with Crippen molar-refractivity contribution < 1.29 is 13.2 Å². The molecule has 0 radical (unpaired) electrons. The first-order valence-corrected chi connectivity index (χ1v) is 7.56. The number of nitrogens with one attached hydrogen (secondary N) is 1. The van der Waals surface area contributed by atoms with E-state index in [0.717, 1.165) is 6.42 Å². The summed E-state index contributed by atoms with van der Waals surface area (Å²) in [5, 5.41) is 2.55.